The predicted octanol–water partition coefficient (Wildman–Crippen LogP) is 0.664. The second-order valence-corrected chi connectivity index (χ2v) is 6.79. The predicted molar refractivity (Wildman–Crippen MR) is 80.1 cm³/mol. The third-order valence-corrected chi connectivity index (χ3v) is 5.30. The number of hydrogen-bond donors (Lipinski definition) is 1. The minimum absolute atomic E-state index is 0.0189. The summed E-state index contributed by atoms with van der Waals surface area (Å²) in [5.74, 6) is 0.772. The van der Waals surface area contributed by atoms with Gasteiger partial charge in [0.1, 0.15) is 0 Å². The standard InChI is InChI=1S/C14H22N2O4S/c1-10(17)15-4-2-11(3-5-15)14(20)16-6-7-21-9-12(16)8-13(18)19/h11-12H,2-9H2,1H3,(H,18,19). The molecule has 0 bridgehead atoms. The average molecular weight is 314 g/mol. The summed E-state index contributed by atoms with van der Waals surface area (Å²) >= 11 is 1.71. The van der Waals surface area contributed by atoms with Crippen LogP contribution in [-0.2, 0) is 14.4 Å². The van der Waals surface area contributed by atoms with E-state index in [2.05, 4.69) is 0 Å². The molecule has 2 heterocycles. The number of carboxylic acid groups (broad SMARTS) is 1. The molecule has 0 aromatic heterocycles. The normalized spacial score (nSPS) is 24.0. The molecule has 2 amide bonds. The third kappa shape index (κ3) is 4.12. The van der Waals surface area contributed by atoms with Crippen LogP contribution in [0.3, 0.4) is 0 Å². The van der Waals surface area contributed by atoms with Gasteiger partial charge < -0.3 is 14.9 Å². The van der Waals surface area contributed by atoms with E-state index in [9.17, 15) is 14.4 Å². The lowest BCUT2D eigenvalue weighted by molar-refractivity contribution is -0.144. The van der Waals surface area contributed by atoms with Crippen LogP contribution in [0, 0.1) is 5.92 Å². The Labute approximate surface area is 128 Å². The SMILES string of the molecule is CC(=O)N1CCC(C(=O)N2CCSCC2CC(=O)O)CC1. The fraction of sp³-hybridized carbons (Fsp3) is 0.786. The van der Waals surface area contributed by atoms with Gasteiger partial charge >= 0.3 is 5.97 Å². The van der Waals surface area contributed by atoms with Crippen LogP contribution >= 0.6 is 11.8 Å². The van der Waals surface area contributed by atoms with Crippen LogP contribution in [-0.4, -0.2) is 69.9 Å². The Bertz CT molecular complexity index is 421. The largest absolute Gasteiger partial charge is 0.481 e. The van der Waals surface area contributed by atoms with Crippen molar-refractivity contribution in [3.8, 4) is 0 Å². The molecule has 118 valence electrons. The van der Waals surface area contributed by atoms with E-state index in [1.807, 2.05) is 0 Å². The Morgan fingerprint density at radius 1 is 1.19 bits per heavy atom. The van der Waals surface area contributed by atoms with Gasteiger partial charge in [-0.3, -0.25) is 14.4 Å². The first-order chi connectivity index (χ1) is 9.99. The molecule has 0 aromatic carbocycles. The van der Waals surface area contributed by atoms with Gasteiger partial charge in [-0.05, 0) is 12.8 Å². The van der Waals surface area contributed by atoms with Gasteiger partial charge in [-0.1, -0.05) is 0 Å². The molecule has 0 radical (unpaired) electrons. The van der Waals surface area contributed by atoms with E-state index >= 15 is 0 Å². The maximum absolute atomic E-state index is 12.6. The van der Waals surface area contributed by atoms with Crippen molar-refractivity contribution in [2.75, 3.05) is 31.1 Å². The van der Waals surface area contributed by atoms with Crippen molar-refractivity contribution in [2.24, 2.45) is 5.92 Å². The lowest BCUT2D eigenvalue weighted by atomic mass is 9.94. The summed E-state index contributed by atoms with van der Waals surface area (Å²) in [6.45, 7) is 3.43. The molecular weight excluding hydrogens is 292 g/mol. The van der Waals surface area contributed by atoms with Gasteiger partial charge in [0.2, 0.25) is 11.8 Å². The number of carbonyl (C=O) groups is 3. The zero-order valence-corrected chi connectivity index (χ0v) is 13.1. The summed E-state index contributed by atoms with van der Waals surface area (Å²) in [6, 6.07) is -0.195. The second-order valence-electron chi connectivity index (χ2n) is 5.64. The van der Waals surface area contributed by atoms with E-state index in [1.165, 1.54) is 0 Å². The minimum atomic E-state index is -0.855. The van der Waals surface area contributed by atoms with Crippen LogP contribution < -0.4 is 0 Å². The number of hydrogen-bond acceptors (Lipinski definition) is 4. The molecule has 0 saturated carbocycles. The molecule has 7 heteroatoms. The molecule has 0 spiro atoms. The second kappa shape index (κ2) is 7.15. The minimum Gasteiger partial charge on any atom is -0.481 e. The Hall–Kier alpha value is -1.24. The van der Waals surface area contributed by atoms with E-state index < -0.39 is 5.97 Å². The summed E-state index contributed by atoms with van der Waals surface area (Å²) < 4.78 is 0. The van der Waals surface area contributed by atoms with Crippen LogP contribution in [0.4, 0.5) is 0 Å². The van der Waals surface area contributed by atoms with Gasteiger partial charge in [-0.15, -0.1) is 0 Å². The van der Waals surface area contributed by atoms with Gasteiger partial charge in [0.15, 0.2) is 0 Å². The highest BCUT2D eigenvalue weighted by Crippen LogP contribution is 2.25. The number of rotatable bonds is 3. The van der Waals surface area contributed by atoms with E-state index in [1.54, 1.807) is 28.5 Å². The Morgan fingerprint density at radius 3 is 2.43 bits per heavy atom. The van der Waals surface area contributed by atoms with Crippen LogP contribution in [0.1, 0.15) is 26.2 Å². The summed E-state index contributed by atoms with van der Waals surface area (Å²) in [4.78, 5) is 38.4. The monoisotopic (exact) mass is 314 g/mol. The lowest BCUT2D eigenvalue weighted by Crippen LogP contribution is -2.51. The molecule has 2 saturated heterocycles. The highest BCUT2D eigenvalue weighted by atomic mass is 32.2. The molecule has 2 rings (SSSR count). The van der Waals surface area contributed by atoms with E-state index in [4.69, 9.17) is 5.11 Å². The number of nitrogens with zero attached hydrogens (tertiary/aromatic N) is 2. The van der Waals surface area contributed by atoms with Crippen molar-refractivity contribution in [1.82, 2.24) is 9.80 Å². The number of thioether (sulfide) groups is 1. The maximum atomic E-state index is 12.6. The van der Waals surface area contributed by atoms with E-state index in [-0.39, 0.29) is 30.2 Å². The molecule has 1 atom stereocenters. The number of carboxylic acids is 1. The van der Waals surface area contributed by atoms with Gasteiger partial charge in [0.05, 0.1) is 12.5 Å². The molecule has 2 aliphatic heterocycles. The molecule has 1 unspecified atom stereocenters. The third-order valence-electron chi connectivity index (χ3n) is 4.21. The van der Waals surface area contributed by atoms with Crippen molar-refractivity contribution in [3.63, 3.8) is 0 Å². The van der Waals surface area contributed by atoms with Crippen LogP contribution in [0.5, 0.6) is 0 Å². The molecule has 6 nitrogen and oxygen atoms in total. The first-order valence-corrected chi connectivity index (χ1v) is 8.50. The molecule has 1 N–H and O–H groups in total. The number of likely N-dealkylation sites (tertiary alicyclic amines) is 1. The van der Waals surface area contributed by atoms with Crippen molar-refractivity contribution in [3.05, 3.63) is 0 Å². The first-order valence-electron chi connectivity index (χ1n) is 7.34. The molecule has 2 aliphatic rings. The fourth-order valence-electron chi connectivity index (χ4n) is 2.99. The van der Waals surface area contributed by atoms with Gasteiger partial charge in [0, 0.05) is 44.0 Å². The number of carbonyl (C=O) groups excluding carboxylic acids is 2. The van der Waals surface area contributed by atoms with Gasteiger partial charge in [-0.25, -0.2) is 0 Å². The summed E-state index contributed by atoms with van der Waals surface area (Å²) in [5.41, 5.74) is 0. The van der Waals surface area contributed by atoms with Gasteiger partial charge in [-0.2, -0.15) is 11.8 Å². The van der Waals surface area contributed by atoms with Gasteiger partial charge in [0.25, 0.3) is 0 Å². The number of piperidine rings is 1. The maximum Gasteiger partial charge on any atom is 0.305 e. The smallest absolute Gasteiger partial charge is 0.305 e. The number of amides is 2. The average Bonchev–Trinajstić information content (AvgIpc) is 2.46. The zero-order valence-electron chi connectivity index (χ0n) is 12.3. The quantitative estimate of drug-likeness (QED) is 0.828. The molecule has 0 aromatic rings. The highest BCUT2D eigenvalue weighted by molar-refractivity contribution is 7.99. The first kappa shape index (κ1) is 16.1. The summed E-state index contributed by atoms with van der Waals surface area (Å²) in [6.07, 6.45) is 1.38. The Morgan fingerprint density at radius 2 is 1.86 bits per heavy atom. The van der Waals surface area contributed by atoms with Crippen molar-refractivity contribution in [1.29, 1.82) is 0 Å². The highest BCUT2D eigenvalue weighted by Gasteiger charge is 2.34. The van der Waals surface area contributed by atoms with Crippen molar-refractivity contribution < 1.29 is 19.5 Å². The Balaban J connectivity index is 1.94. The topological polar surface area (TPSA) is 77.9 Å². The lowest BCUT2D eigenvalue weighted by Gasteiger charge is -2.39. The Kier molecular flexibility index (Phi) is 5.50. The molecule has 2 fully saturated rings. The van der Waals surface area contributed by atoms with E-state index in [0.717, 1.165) is 5.75 Å². The van der Waals surface area contributed by atoms with Crippen LogP contribution in [0.15, 0.2) is 0 Å². The van der Waals surface area contributed by atoms with Crippen LogP contribution in [0.2, 0.25) is 0 Å². The van der Waals surface area contributed by atoms with Crippen molar-refractivity contribution in [2.45, 2.75) is 32.2 Å². The van der Waals surface area contributed by atoms with Crippen LogP contribution in [0.25, 0.3) is 0 Å². The number of aliphatic carboxylic acids is 1. The van der Waals surface area contributed by atoms with Crippen molar-refractivity contribution >= 4 is 29.5 Å². The molecule has 0 aliphatic carbocycles. The van der Waals surface area contributed by atoms with E-state index in [0.29, 0.717) is 38.2 Å². The fourth-order valence-corrected chi connectivity index (χ4v) is 4.05. The molecular formula is C14H22N2O4S. The zero-order chi connectivity index (χ0) is 15.4. The summed E-state index contributed by atoms with van der Waals surface area (Å²) in [5, 5.41) is 8.98. The summed E-state index contributed by atoms with van der Waals surface area (Å²) in [7, 11) is 0. The molecule has 21 heavy (non-hydrogen) atoms.